The Morgan fingerprint density at radius 2 is 1.58 bits per heavy atom. The number of phenols is 1. The fourth-order valence-corrected chi connectivity index (χ4v) is 10.9. The van der Waals surface area contributed by atoms with Crippen molar-refractivity contribution in [3.05, 3.63) is 59.2 Å². The van der Waals surface area contributed by atoms with Crippen molar-refractivity contribution in [2.24, 2.45) is 16.7 Å². The van der Waals surface area contributed by atoms with Crippen LogP contribution in [0.3, 0.4) is 0 Å². The summed E-state index contributed by atoms with van der Waals surface area (Å²) < 4.78 is 12.5. The van der Waals surface area contributed by atoms with Crippen molar-refractivity contribution in [1.29, 1.82) is 0 Å². The summed E-state index contributed by atoms with van der Waals surface area (Å²) in [5.74, 6) is 2.70. The highest BCUT2D eigenvalue weighted by Crippen LogP contribution is 2.79. The van der Waals surface area contributed by atoms with Crippen LogP contribution >= 0.6 is 0 Å². The second-order valence-corrected chi connectivity index (χ2v) is 21.1. The number of benzene rings is 2. The zero-order valence-electron chi connectivity index (χ0n) is 27.7. The number of hydrogen-bond donors (Lipinski definition) is 2. The zero-order chi connectivity index (χ0) is 30.7. The lowest BCUT2D eigenvalue weighted by atomic mass is 9.45. The Balaban J connectivity index is 1.10. The van der Waals surface area contributed by atoms with Crippen molar-refractivity contribution in [3.63, 3.8) is 0 Å². The van der Waals surface area contributed by atoms with E-state index < -0.39 is 13.9 Å². The molecule has 0 aromatic heterocycles. The predicted octanol–water partition coefficient (Wildman–Crippen LogP) is 9.50. The van der Waals surface area contributed by atoms with E-state index in [-0.39, 0.29) is 15.9 Å². The van der Waals surface area contributed by atoms with Crippen LogP contribution in [0.15, 0.2) is 42.5 Å². The highest BCUT2D eigenvalue weighted by molar-refractivity contribution is 6.74. The molecule has 2 bridgehead atoms. The lowest BCUT2D eigenvalue weighted by Gasteiger charge is -2.59. The van der Waals surface area contributed by atoms with E-state index in [0.29, 0.717) is 23.5 Å². The molecule has 5 heteroatoms. The van der Waals surface area contributed by atoms with Crippen LogP contribution in [0.1, 0.15) is 120 Å². The highest BCUT2D eigenvalue weighted by atomic mass is 28.4. The van der Waals surface area contributed by atoms with Crippen LogP contribution < -0.4 is 4.74 Å². The predicted molar refractivity (Wildman–Crippen MR) is 178 cm³/mol. The van der Waals surface area contributed by atoms with Gasteiger partial charge in [-0.1, -0.05) is 52.3 Å². The van der Waals surface area contributed by atoms with E-state index in [1.807, 2.05) is 12.1 Å². The van der Waals surface area contributed by atoms with E-state index in [2.05, 4.69) is 71.1 Å². The highest BCUT2D eigenvalue weighted by Gasteiger charge is 2.74. The summed E-state index contributed by atoms with van der Waals surface area (Å²) in [5.41, 5.74) is 3.81. The zero-order valence-corrected chi connectivity index (χ0v) is 28.7. The number of aromatic hydroxyl groups is 1. The molecule has 0 amide bonds. The van der Waals surface area contributed by atoms with Gasteiger partial charge in [-0.15, -0.1) is 0 Å². The number of aliphatic hydroxyl groups is 1. The van der Waals surface area contributed by atoms with Crippen molar-refractivity contribution >= 4 is 8.32 Å². The Hall–Kier alpha value is -1.82. The van der Waals surface area contributed by atoms with Crippen molar-refractivity contribution in [1.82, 2.24) is 0 Å². The maximum absolute atomic E-state index is 11.9. The molecule has 3 saturated carbocycles. The van der Waals surface area contributed by atoms with Gasteiger partial charge in [-0.2, -0.15) is 0 Å². The Labute approximate surface area is 261 Å². The minimum Gasteiger partial charge on any atom is -0.508 e. The molecule has 4 atom stereocenters. The quantitative estimate of drug-likeness (QED) is 0.209. The fraction of sp³-hybridized carbons (Fsp3) is 0.684. The maximum Gasteiger partial charge on any atom is 0.191 e. The monoisotopic (exact) mass is 604 g/mol. The van der Waals surface area contributed by atoms with E-state index in [4.69, 9.17) is 9.16 Å². The Kier molecular flexibility index (Phi) is 8.12. The van der Waals surface area contributed by atoms with E-state index in [9.17, 15) is 10.2 Å². The SMILES string of the molecule is CC(C)(C)[Si](C)(C)OCCCCCCOc1ccc([C@H]2C[C@]3(C)C4(O)CCC3(CC4)[C@@H]3CCc4cc(O)ccc4[C@@H]23)cc1. The molecule has 0 unspecified atom stereocenters. The minimum atomic E-state index is -1.64. The molecule has 4 nitrogen and oxygen atoms in total. The topological polar surface area (TPSA) is 58.9 Å². The first-order chi connectivity index (χ1) is 20.3. The number of rotatable bonds is 10. The van der Waals surface area contributed by atoms with Gasteiger partial charge in [0.25, 0.3) is 0 Å². The van der Waals surface area contributed by atoms with Crippen LogP contribution in [0.4, 0.5) is 0 Å². The second kappa shape index (κ2) is 11.2. The number of unbranched alkanes of at least 4 members (excludes halogenated alkanes) is 3. The summed E-state index contributed by atoms with van der Waals surface area (Å²) in [4.78, 5) is 0. The lowest BCUT2D eigenvalue weighted by molar-refractivity contribution is -0.108. The van der Waals surface area contributed by atoms with Gasteiger partial charge in [0.15, 0.2) is 8.32 Å². The summed E-state index contributed by atoms with van der Waals surface area (Å²) in [7, 11) is -1.64. The van der Waals surface area contributed by atoms with Gasteiger partial charge in [-0.25, -0.2) is 0 Å². The third-order valence-corrected chi connectivity index (χ3v) is 17.9. The van der Waals surface area contributed by atoms with Gasteiger partial charge >= 0.3 is 0 Å². The standard InChI is InChI=1S/C38H56O4Si/c1-35(2,3)43(5,6)42-24-10-8-7-9-23-41-30-15-11-27(12-16-30)32-26-36(4)37(19-21-38(36,40)22-20-37)33-18-13-28-25-29(39)14-17-31(28)34(32)33/h11-12,14-17,25,32-34,39-40H,7-10,13,18-24,26H2,1-6H3/t32-,33-,34+,36+,37?,38?/m1/s1. The molecule has 0 spiro atoms. The molecule has 2 aromatic rings. The van der Waals surface area contributed by atoms with E-state index in [1.54, 1.807) is 0 Å². The normalized spacial score (nSPS) is 33.1. The molecule has 43 heavy (non-hydrogen) atoms. The average molecular weight is 605 g/mol. The van der Waals surface area contributed by atoms with Crippen LogP contribution in [0.25, 0.3) is 0 Å². The van der Waals surface area contributed by atoms with Crippen LogP contribution in [0.5, 0.6) is 11.5 Å². The maximum atomic E-state index is 11.9. The summed E-state index contributed by atoms with van der Waals surface area (Å²) in [6.07, 6.45) is 12.0. The Morgan fingerprint density at radius 1 is 0.907 bits per heavy atom. The van der Waals surface area contributed by atoms with Gasteiger partial charge in [0.1, 0.15) is 11.5 Å². The minimum absolute atomic E-state index is 0.0366. The van der Waals surface area contributed by atoms with Crippen LogP contribution in [0.2, 0.25) is 18.1 Å². The van der Waals surface area contributed by atoms with Gasteiger partial charge in [0.05, 0.1) is 12.2 Å². The van der Waals surface area contributed by atoms with Crippen molar-refractivity contribution in [3.8, 4) is 11.5 Å². The van der Waals surface area contributed by atoms with Crippen LogP contribution in [-0.4, -0.2) is 37.3 Å². The molecule has 4 aliphatic carbocycles. The molecule has 236 valence electrons. The molecule has 2 aromatic carbocycles. The second-order valence-electron chi connectivity index (χ2n) is 16.3. The van der Waals surface area contributed by atoms with Gasteiger partial charge < -0.3 is 19.4 Å². The summed E-state index contributed by atoms with van der Waals surface area (Å²) in [6, 6.07) is 15.0. The van der Waals surface area contributed by atoms with Crippen molar-refractivity contribution < 1.29 is 19.4 Å². The summed E-state index contributed by atoms with van der Waals surface area (Å²) >= 11 is 0. The molecule has 0 saturated heterocycles. The van der Waals surface area contributed by atoms with Crippen LogP contribution in [0, 0.1) is 16.7 Å². The molecular weight excluding hydrogens is 549 g/mol. The molecule has 0 heterocycles. The molecule has 0 radical (unpaired) electrons. The third kappa shape index (κ3) is 5.19. The summed E-state index contributed by atoms with van der Waals surface area (Å²) in [6.45, 7) is 15.6. The third-order valence-electron chi connectivity index (χ3n) is 13.4. The van der Waals surface area contributed by atoms with Crippen LogP contribution in [-0.2, 0) is 10.8 Å². The Bertz CT molecular complexity index is 1290. The first-order valence-corrected chi connectivity index (χ1v) is 20.1. The fourth-order valence-electron chi connectivity index (χ4n) is 9.80. The lowest BCUT2D eigenvalue weighted by Crippen LogP contribution is -2.54. The smallest absolute Gasteiger partial charge is 0.191 e. The van der Waals surface area contributed by atoms with Gasteiger partial charge in [0, 0.05) is 12.0 Å². The van der Waals surface area contributed by atoms with Crippen molar-refractivity contribution in [2.75, 3.05) is 13.2 Å². The van der Waals surface area contributed by atoms with Gasteiger partial charge in [-0.05, 0) is 146 Å². The van der Waals surface area contributed by atoms with Gasteiger partial charge in [0.2, 0.25) is 0 Å². The molecule has 6 rings (SSSR count). The summed E-state index contributed by atoms with van der Waals surface area (Å²) in [5, 5.41) is 22.5. The Morgan fingerprint density at radius 3 is 2.26 bits per heavy atom. The van der Waals surface area contributed by atoms with E-state index in [0.717, 1.165) is 76.8 Å². The van der Waals surface area contributed by atoms with E-state index in [1.165, 1.54) is 29.5 Å². The molecule has 3 fully saturated rings. The molecule has 0 aliphatic heterocycles. The molecule has 2 N–H and O–H groups in total. The van der Waals surface area contributed by atoms with E-state index >= 15 is 0 Å². The largest absolute Gasteiger partial charge is 0.508 e. The van der Waals surface area contributed by atoms with Gasteiger partial charge in [-0.3, -0.25) is 0 Å². The first kappa shape index (κ1) is 31.2. The number of aryl methyl sites for hydroxylation is 1. The average Bonchev–Trinajstić information content (AvgIpc) is 3.33. The van der Waals surface area contributed by atoms with Crippen molar-refractivity contribution in [2.45, 2.75) is 134 Å². The molecule has 4 aliphatic rings. The number of phenolic OH excluding ortho intramolecular Hbond substituents is 1. The first-order valence-electron chi connectivity index (χ1n) is 17.2. The number of ether oxygens (including phenoxy) is 1. The number of hydrogen-bond acceptors (Lipinski definition) is 4. The number of fused-ring (bicyclic) bond motifs is 3. The molecular formula is C38H56O4Si.